The number of hydrogen-bond donors (Lipinski definition) is 1. The standard InChI is InChI=1S/C14H9Cl2F3N4O2S/c15-9-1-3-10(4-2-9)26(24,25)20-6-12-21-22-13-11(16)5-8(7-23(12)13)14(17,18)19/h1-5,7,20H,6H2. The molecule has 6 nitrogen and oxygen atoms in total. The van der Waals surface area contributed by atoms with E-state index in [2.05, 4.69) is 14.9 Å². The van der Waals surface area contributed by atoms with Crippen molar-refractivity contribution in [2.75, 3.05) is 0 Å². The molecule has 0 aliphatic heterocycles. The van der Waals surface area contributed by atoms with Crippen LogP contribution in [-0.2, 0) is 22.7 Å². The first-order valence-corrected chi connectivity index (χ1v) is 9.17. The quantitative estimate of drug-likeness (QED) is 0.694. The lowest BCUT2D eigenvalue weighted by Gasteiger charge is -2.09. The van der Waals surface area contributed by atoms with Gasteiger partial charge in [0.1, 0.15) is 0 Å². The highest BCUT2D eigenvalue weighted by Gasteiger charge is 2.32. The van der Waals surface area contributed by atoms with Crippen molar-refractivity contribution >= 4 is 38.9 Å². The number of nitrogens with one attached hydrogen (secondary N) is 1. The molecule has 0 aliphatic rings. The molecule has 0 radical (unpaired) electrons. The molecule has 138 valence electrons. The van der Waals surface area contributed by atoms with E-state index in [-0.39, 0.29) is 27.9 Å². The molecule has 0 atom stereocenters. The Morgan fingerprint density at radius 2 is 1.77 bits per heavy atom. The van der Waals surface area contributed by atoms with Crippen LogP contribution in [0.2, 0.25) is 10.0 Å². The second kappa shape index (κ2) is 6.69. The minimum Gasteiger partial charge on any atom is -0.283 e. The summed E-state index contributed by atoms with van der Waals surface area (Å²) in [6.07, 6.45) is -3.87. The molecule has 0 spiro atoms. The van der Waals surface area contributed by atoms with Crippen molar-refractivity contribution in [1.82, 2.24) is 19.3 Å². The third kappa shape index (κ3) is 3.78. The van der Waals surface area contributed by atoms with Crippen LogP contribution in [0.4, 0.5) is 13.2 Å². The van der Waals surface area contributed by atoms with E-state index in [1.54, 1.807) is 0 Å². The monoisotopic (exact) mass is 424 g/mol. The fraction of sp³-hybridized carbons (Fsp3) is 0.143. The van der Waals surface area contributed by atoms with Crippen molar-refractivity contribution < 1.29 is 21.6 Å². The SMILES string of the molecule is O=S(=O)(NCc1nnc2c(Cl)cc(C(F)(F)F)cn12)c1ccc(Cl)cc1. The minimum absolute atomic E-state index is 0.0136. The van der Waals surface area contributed by atoms with Gasteiger partial charge in [-0.05, 0) is 30.3 Å². The molecule has 0 amide bonds. The fourth-order valence-electron chi connectivity index (χ4n) is 2.13. The van der Waals surface area contributed by atoms with E-state index < -0.39 is 21.8 Å². The van der Waals surface area contributed by atoms with Gasteiger partial charge in [0.2, 0.25) is 10.0 Å². The first kappa shape index (κ1) is 18.9. The Labute approximate surface area is 155 Å². The maximum Gasteiger partial charge on any atom is 0.417 e. The smallest absolute Gasteiger partial charge is 0.283 e. The zero-order valence-corrected chi connectivity index (χ0v) is 15.0. The summed E-state index contributed by atoms with van der Waals surface area (Å²) in [6.45, 7) is -0.385. The number of hydrogen-bond acceptors (Lipinski definition) is 4. The third-order valence-corrected chi connectivity index (χ3v) is 5.35. The zero-order chi connectivity index (χ0) is 19.1. The van der Waals surface area contributed by atoms with Crippen molar-refractivity contribution in [1.29, 1.82) is 0 Å². The number of alkyl halides is 3. The number of nitrogens with zero attached hydrogens (tertiary/aromatic N) is 3. The lowest BCUT2D eigenvalue weighted by Crippen LogP contribution is -2.24. The number of pyridine rings is 1. The second-order valence-corrected chi connectivity index (χ2v) is 7.77. The first-order valence-electron chi connectivity index (χ1n) is 6.93. The van der Waals surface area contributed by atoms with Gasteiger partial charge in [0.25, 0.3) is 0 Å². The third-order valence-electron chi connectivity index (χ3n) is 3.40. The van der Waals surface area contributed by atoms with Crippen LogP contribution in [0.5, 0.6) is 0 Å². The van der Waals surface area contributed by atoms with Gasteiger partial charge in [-0.1, -0.05) is 23.2 Å². The summed E-state index contributed by atoms with van der Waals surface area (Å²) in [5.74, 6) is -0.0504. The molecule has 2 heterocycles. The maximum atomic E-state index is 12.9. The van der Waals surface area contributed by atoms with Gasteiger partial charge in [-0.15, -0.1) is 10.2 Å². The number of benzene rings is 1. The largest absolute Gasteiger partial charge is 0.417 e. The molecule has 12 heteroatoms. The number of fused-ring (bicyclic) bond motifs is 1. The predicted octanol–water partition coefficient (Wildman–Crippen LogP) is 3.53. The Morgan fingerprint density at radius 3 is 2.38 bits per heavy atom. The Bertz CT molecular complexity index is 1070. The van der Waals surface area contributed by atoms with Gasteiger partial charge in [-0.3, -0.25) is 4.40 Å². The van der Waals surface area contributed by atoms with Crippen molar-refractivity contribution in [3.05, 3.63) is 58.0 Å². The van der Waals surface area contributed by atoms with Gasteiger partial charge >= 0.3 is 6.18 Å². The van der Waals surface area contributed by atoms with Gasteiger partial charge in [-0.25, -0.2) is 13.1 Å². The molecular formula is C14H9Cl2F3N4O2S. The molecule has 0 fully saturated rings. The van der Waals surface area contributed by atoms with Crippen molar-refractivity contribution in [3.8, 4) is 0 Å². The molecule has 0 saturated carbocycles. The molecule has 0 saturated heterocycles. The highest BCUT2D eigenvalue weighted by atomic mass is 35.5. The summed E-state index contributed by atoms with van der Waals surface area (Å²) >= 11 is 11.5. The summed E-state index contributed by atoms with van der Waals surface area (Å²) in [5.41, 5.74) is -1.02. The van der Waals surface area contributed by atoms with Crippen LogP contribution in [0.15, 0.2) is 41.4 Å². The molecule has 0 bridgehead atoms. The van der Waals surface area contributed by atoms with Gasteiger partial charge in [0.15, 0.2) is 11.5 Å². The Morgan fingerprint density at radius 1 is 1.12 bits per heavy atom. The minimum atomic E-state index is -4.62. The number of sulfonamides is 1. The molecular weight excluding hydrogens is 416 g/mol. The van der Waals surface area contributed by atoms with Crippen LogP contribution in [0, 0.1) is 0 Å². The van der Waals surface area contributed by atoms with Gasteiger partial charge in [0.05, 0.1) is 22.0 Å². The van der Waals surface area contributed by atoms with Crippen molar-refractivity contribution in [3.63, 3.8) is 0 Å². The number of rotatable bonds is 4. The van der Waals surface area contributed by atoms with E-state index in [9.17, 15) is 21.6 Å². The van der Waals surface area contributed by atoms with Crippen LogP contribution in [-0.4, -0.2) is 23.0 Å². The second-order valence-electron chi connectivity index (χ2n) is 5.16. The van der Waals surface area contributed by atoms with Crippen molar-refractivity contribution in [2.45, 2.75) is 17.6 Å². The highest BCUT2D eigenvalue weighted by molar-refractivity contribution is 7.89. The number of aromatic nitrogens is 3. The van der Waals surface area contributed by atoms with E-state index in [1.165, 1.54) is 24.3 Å². The van der Waals surface area contributed by atoms with Crippen LogP contribution >= 0.6 is 23.2 Å². The van der Waals surface area contributed by atoms with Crippen molar-refractivity contribution in [2.24, 2.45) is 0 Å². The molecule has 0 aliphatic carbocycles. The maximum absolute atomic E-state index is 12.9. The lowest BCUT2D eigenvalue weighted by atomic mass is 10.3. The topological polar surface area (TPSA) is 76.4 Å². The molecule has 1 N–H and O–H groups in total. The van der Waals surface area contributed by atoms with Gasteiger partial charge in [-0.2, -0.15) is 13.2 Å². The van der Waals surface area contributed by atoms with Crippen LogP contribution in [0.25, 0.3) is 5.65 Å². The first-order chi connectivity index (χ1) is 12.1. The van der Waals surface area contributed by atoms with E-state index in [4.69, 9.17) is 23.2 Å². The average molecular weight is 425 g/mol. The van der Waals surface area contributed by atoms with Gasteiger partial charge < -0.3 is 0 Å². The summed E-state index contributed by atoms with van der Waals surface area (Å²) in [4.78, 5) is -0.0512. The average Bonchev–Trinajstić information content (AvgIpc) is 2.96. The molecule has 2 aromatic heterocycles. The fourth-order valence-corrected chi connectivity index (χ4v) is 3.48. The summed E-state index contributed by atoms with van der Waals surface area (Å²) in [7, 11) is -3.92. The normalized spacial score (nSPS) is 12.7. The Balaban J connectivity index is 1.92. The molecule has 26 heavy (non-hydrogen) atoms. The Kier molecular flexibility index (Phi) is 4.86. The molecule has 0 unspecified atom stereocenters. The highest BCUT2D eigenvalue weighted by Crippen LogP contribution is 2.32. The number of halogens is 5. The predicted molar refractivity (Wildman–Crippen MR) is 88.5 cm³/mol. The van der Waals surface area contributed by atoms with E-state index in [1.807, 2.05) is 0 Å². The Hall–Kier alpha value is -1.88. The summed E-state index contributed by atoms with van der Waals surface area (Å²) < 4.78 is 66.5. The molecule has 3 rings (SSSR count). The molecule has 3 aromatic rings. The van der Waals surface area contributed by atoms with Gasteiger partial charge in [0, 0.05) is 11.2 Å². The summed E-state index contributed by atoms with van der Waals surface area (Å²) in [5, 5.41) is 7.50. The van der Waals surface area contributed by atoms with Crippen LogP contribution < -0.4 is 4.72 Å². The lowest BCUT2D eigenvalue weighted by molar-refractivity contribution is -0.137. The van der Waals surface area contributed by atoms with E-state index >= 15 is 0 Å². The van der Waals surface area contributed by atoms with E-state index in [0.29, 0.717) is 5.02 Å². The van der Waals surface area contributed by atoms with Crippen LogP contribution in [0.1, 0.15) is 11.4 Å². The molecule has 1 aromatic carbocycles. The van der Waals surface area contributed by atoms with E-state index in [0.717, 1.165) is 16.7 Å². The summed E-state index contributed by atoms with van der Waals surface area (Å²) in [6, 6.07) is 6.12. The van der Waals surface area contributed by atoms with Crippen LogP contribution in [0.3, 0.4) is 0 Å². The zero-order valence-electron chi connectivity index (χ0n) is 12.6.